The molecule has 0 fully saturated rings. The molecule has 0 saturated heterocycles. The molecular weight excluding hydrogens is 153 g/mol. The summed E-state index contributed by atoms with van der Waals surface area (Å²) < 4.78 is 0. The van der Waals surface area contributed by atoms with Gasteiger partial charge in [0.25, 0.3) is 0 Å². The van der Waals surface area contributed by atoms with Crippen molar-refractivity contribution in [3.05, 3.63) is 0 Å². The molecule has 43 valence electrons. The van der Waals surface area contributed by atoms with Gasteiger partial charge in [-0.25, -0.2) is 0 Å². The van der Waals surface area contributed by atoms with Crippen molar-refractivity contribution in [3.63, 3.8) is 0 Å². The summed E-state index contributed by atoms with van der Waals surface area (Å²) in [7, 11) is 0. The molecule has 0 aliphatic carbocycles. The van der Waals surface area contributed by atoms with E-state index in [1.807, 2.05) is 0 Å². The second-order valence-electron chi connectivity index (χ2n) is 1.41. The Bertz CT molecular complexity index is 27.3. The van der Waals surface area contributed by atoms with Gasteiger partial charge in [0.2, 0.25) is 0 Å². The zero-order chi connectivity index (χ0) is 5.54. The van der Waals surface area contributed by atoms with Crippen LogP contribution in [-0.4, -0.2) is 29.1 Å². The zero-order valence-corrected chi connectivity index (χ0v) is 6.45. The first-order chi connectivity index (χ1) is 3.41. The molecule has 0 spiro atoms. The van der Waals surface area contributed by atoms with E-state index in [2.05, 4.69) is 28.3 Å². The zero-order valence-electron chi connectivity index (χ0n) is 4.74. The van der Waals surface area contributed by atoms with Crippen LogP contribution in [0.3, 0.4) is 0 Å². The van der Waals surface area contributed by atoms with Gasteiger partial charge in [-0.2, -0.15) is 0 Å². The third kappa shape index (κ3) is 6.48. The third-order valence-corrected chi connectivity index (χ3v) is 1.35. The Morgan fingerprint density at radius 2 is 2.29 bits per heavy atom. The molecule has 1 radical (unpaired) electrons. The quantitative estimate of drug-likeness (QED) is 0.474. The average Bonchev–Trinajstić information content (AvgIpc) is 1.69. The Kier molecular flexibility index (Phi) is 6.92. The fourth-order valence-corrected chi connectivity index (χ4v) is 0.677. The Morgan fingerprint density at radius 1 is 1.57 bits per heavy atom. The van der Waals surface area contributed by atoms with Crippen molar-refractivity contribution < 1.29 is 0 Å². The van der Waals surface area contributed by atoms with Crippen LogP contribution < -0.4 is 5.32 Å². The molecule has 0 amide bonds. The van der Waals surface area contributed by atoms with Gasteiger partial charge in [-0.3, -0.25) is 0 Å². The molecule has 0 atom stereocenters. The van der Waals surface area contributed by atoms with Gasteiger partial charge in [-0.05, 0) is 0 Å². The van der Waals surface area contributed by atoms with Gasteiger partial charge in [0.15, 0.2) is 0 Å². The molecule has 0 aromatic heterocycles. The van der Waals surface area contributed by atoms with Crippen LogP contribution in [0.1, 0.15) is 13.3 Å². The van der Waals surface area contributed by atoms with E-state index < -0.39 is 0 Å². The fraction of sp³-hybridized carbons (Fsp3) is 1.00. The molecule has 0 aliphatic rings. The van der Waals surface area contributed by atoms with Gasteiger partial charge in [0.1, 0.15) is 0 Å². The minimum absolute atomic E-state index is 1.10. The van der Waals surface area contributed by atoms with Crippen LogP contribution in [0.15, 0.2) is 0 Å². The molecule has 0 aromatic rings. The van der Waals surface area contributed by atoms with Crippen molar-refractivity contribution in [1.29, 1.82) is 0 Å². The first kappa shape index (κ1) is 7.48. The van der Waals surface area contributed by atoms with E-state index in [4.69, 9.17) is 0 Å². The van der Waals surface area contributed by atoms with Crippen molar-refractivity contribution in [2.75, 3.05) is 13.1 Å². The fourth-order valence-electron chi connectivity index (χ4n) is 0.374. The molecule has 0 aromatic carbocycles. The minimum atomic E-state index is 1.10. The first-order valence-electron chi connectivity index (χ1n) is 2.70. The topological polar surface area (TPSA) is 12.0 Å². The summed E-state index contributed by atoms with van der Waals surface area (Å²) in [5.41, 5.74) is 0. The van der Waals surface area contributed by atoms with E-state index in [1.54, 1.807) is 0 Å². The van der Waals surface area contributed by atoms with Crippen molar-refractivity contribution >= 4 is 16.0 Å². The first-order valence-corrected chi connectivity index (χ1v) is 3.91. The van der Waals surface area contributed by atoms with E-state index in [1.165, 1.54) is 11.7 Å². The predicted molar refractivity (Wildman–Crippen MR) is 33.7 cm³/mol. The van der Waals surface area contributed by atoms with Crippen molar-refractivity contribution in [2.45, 2.75) is 18.7 Å². The van der Waals surface area contributed by atoms with Gasteiger partial charge in [-0.1, -0.05) is 0 Å². The summed E-state index contributed by atoms with van der Waals surface area (Å²) in [4.78, 5) is 0. The second kappa shape index (κ2) is 6.48. The van der Waals surface area contributed by atoms with E-state index in [-0.39, 0.29) is 0 Å². The number of rotatable bonds is 4. The summed E-state index contributed by atoms with van der Waals surface area (Å²) in [6.45, 7) is 4.38. The van der Waals surface area contributed by atoms with E-state index in [0.717, 1.165) is 13.1 Å². The maximum atomic E-state index is 3.23. The SMILES string of the molecule is CCNCCC[Se]. The summed E-state index contributed by atoms with van der Waals surface area (Å²) in [6, 6.07) is 0. The van der Waals surface area contributed by atoms with Gasteiger partial charge >= 0.3 is 53.1 Å². The molecule has 1 N–H and O–H groups in total. The third-order valence-electron chi connectivity index (χ3n) is 0.748. The van der Waals surface area contributed by atoms with Crippen LogP contribution >= 0.6 is 0 Å². The number of hydrogen-bond donors (Lipinski definition) is 1. The van der Waals surface area contributed by atoms with Crippen molar-refractivity contribution in [3.8, 4) is 0 Å². The molecule has 0 heterocycles. The molecular formula is C5H12NSe. The normalized spacial score (nSPS) is 9.43. The van der Waals surface area contributed by atoms with Crippen LogP contribution in [-0.2, 0) is 0 Å². The molecule has 0 rings (SSSR count). The Morgan fingerprint density at radius 3 is 2.71 bits per heavy atom. The van der Waals surface area contributed by atoms with Crippen LogP contribution in [0.5, 0.6) is 0 Å². The summed E-state index contributed by atoms with van der Waals surface area (Å²) >= 11 is 2.96. The maximum absolute atomic E-state index is 3.23. The van der Waals surface area contributed by atoms with Crippen LogP contribution in [0.2, 0.25) is 5.32 Å². The molecule has 1 nitrogen and oxygen atoms in total. The van der Waals surface area contributed by atoms with Gasteiger partial charge < -0.3 is 0 Å². The monoisotopic (exact) mass is 166 g/mol. The van der Waals surface area contributed by atoms with Crippen molar-refractivity contribution in [2.24, 2.45) is 0 Å². The van der Waals surface area contributed by atoms with Crippen molar-refractivity contribution in [1.82, 2.24) is 5.32 Å². The Balaban J connectivity index is 2.45. The summed E-state index contributed by atoms with van der Waals surface area (Å²) in [5.74, 6) is 0. The van der Waals surface area contributed by atoms with Gasteiger partial charge in [-0.15, -0.1) is 0 Å². The summed E-state index contributed by atoms with van der Waals surface area (Å²) in [6.07, 6.45) is 1.26. The molecule has 0 bridgehead atoms. The second-order valence-corrected chi connectivity index (χ2v) is 2.27. The van der Waals surface area contributed by atoms with Gasteiger partial charge in [0.05, 0.1) is 0 Å². The average molecular weight is 165 g/mol. The molecule has 7 heavy (non-hydrogen) atoms. The van der Waals surface area contributed by atoms with Gasteiger partial charge in [0, 0.05) is 0 Å². The van der Waals surface area contributed by atoms with E-state index in [9.17, 15) is 0 Å². The number of hydrogen-bond acceptors (Lipinski definition) is 1. The summed E-state index contributed by atoms with van der Waals surface area (Å²) in [5, 5.41) is 4.40. The molecule has 0 unspecified atom stereocenters. The van der Waals surface area contributed by atoms with Crippen LogP contribution in [0, 0.1) is 0 Å². The Labute approximate surface area is 53.7 Å². The molecule has 2 heteroatoms. The standard InChI is InChI=1S/C5H12NSe/c1-2-6-4-3-5-7/h6H,2-5H2,1H3. The van der Waals surface area contributed by atoms with Crippen LogP contribution in [0.4, 0.5) is 0 Å². The molecule has 0 aliphatic heterocycles. The van der Waals surface area contributed by atoms with E-state index in [0.29, 0.717) is 0 Å². The Hall–Kier alpha value is 0.479. The number of nitrogens with one attached hydrogen (secondary N) is 1. The van der Waals surface area contributed by atoms with Crippen LogP contribution in [0.25, 0.3) is 0 Å². The molecule has 0 saturated carbocycles. The predicted octanol–water partition coefficient (Wildman–Crippen LogP) is 0.573. The van der Waals surface area contributed by atoms with E-state index >= 15 is 0 Å².